The summed E-state index contributed by atoms with van der Waals surface area (Å²) < 4.78 is 18.8. The molecule has 0 saturated heterocycles. The third kappa shape index (κ3) is 5.13. The van der Waals surface area contributed by atoms with Crippen LogP contribution in [0.5, 0.6) is 0 Å². The van der Waals surface area contributed by atoms with Gasteiger partial charge < -0.3 is 15.4 Å². The number of alkyl carbamates (subject to hydrolysis) is 1. The summed E-state index contributed by atoms with van der Waals surface area (Å²) in [7, 11) is 0. The van der Waals surface area contributed by atoms with Crippen molar-refractivity contribution in [1.29, 1.82) is 0 Å². The molecule has 2 N–H and O–H groups in total. The number of halogens is 1. The maximum atomic E-state index is 13.6. The lowest BCUT2D eigenvalue weighted by molar-refractivity contribution is 0.0492. The van der Waals surface area contributed by atoms with Crippen molar-refractivity contribution in [2.45, 2.75) is 64.1 Å². The summed E-state index contributed by atoms with van der Waals surface area (Å²) in [5.41, 5.74) is -0.513. The zero-order valence-electron chi connectivity index (χ0n) is 13.2. The smallest absolute Gasteiger partial charge is 0.407 e. The van der Waals surface area contributed by atoms with Crippen LogP contribution in [0.25, 0.3) is 0 Å². The minimum absolute atomic E-state index is 0.0194. The van der Waals surface area contributed by atoms with E-state index in [9.17, 15) is 9.18 Å². The molecule has 2 rings (SSSR count). The highest BCUT2D eigenvalue weighted by atomic mass is 19.1. The second kappa shape index (κ2) is 6.89. The normalized spacial score (nSPS) is 22.0. The Morgan fingerprint density at radius 3 is 2.77 bits per heavy atom. The number of carbonyl (C=O) groups is 1. The Labute approximate surface area is 129 Å². The van der Waals surface area contributed by atoms with Gasteiger partial charge in [-0.05, 0) is 46.5 Å². The Morgan fingerprint density at radius 1 is 1.36 bits per heavy atom. The van der Waals surface area contributed by atoms with E-state index in [0.717, 1.165) is 25.5 Å². The van der Waals surface area contributed by atoms with Crippen LogP contribution in [0.2, 0.25) is 0 Å². The van der Waals surface area contributed by atoms with Gasteiger partial charge in [0.15, 0.2) is 11.6 Å². The molecule has 1 heterocycles. The number of anilines is 1. The summed E-state index contributed by atoms with van der Waals surface area (Å²) in [4.78, 5) is 19.3. The van der Waals surface area contributed by atoms with Crippen LogP contribution < -0.4 is 10.6 Å². The summed E-state index contributed by atoms with van der Waals surface area (Å²) in [5.74, 6) is -0.261. The molecule has 1 amide bonds. The number of amides is 1. The fourth-order valence-electron chi connectivity index (χ4n) is 2.54. The molecule has 0 spiro atoms. The predicted molar refractivity (Wildman–Crippen MR) is 81.0 cm³/mol. The van der Waals surface area contributed by atoms with E-state index in [1.807, 2.05) is 20.8 Å². The van der Waals surface area contributed by atoms with E-state index in [0.29, 0.717) is 6.42 Å². The lowest BCUT2D eigenvalue weighted by Gasteiger charge is -2.31. The van der Waals surface area contributed by atoms with Gasteiger partial charge in [-0.15, -0.1) is 0 Å². The third-order valence-corrected chi connectivity index (χ3v) is 3.40. The van der Waals surface area contributed by atoms with E-state index in [1.54, 1.807) is 0 Å². The molecule has 1 fully saturated rings. The molecule has 1 aliphatic rings. The van der Waals surface area contributed by atoms with Crippen molar-refractivity contribution in [3.63, 3.8) is 0 Å². The lowest BCUT2D eigenvalue weighted by atomic mass is 9.91. The number of ether oxygens (including phenoxy) is 1. The van der Waals surface area contributed by atoms with Gasteiger partial charge in [0.05, 0.1) is 6.20 Å². The second-order valence-corrected chi connectivity index (χ2v) is 6.57. The Bertz CT molecular complexity index is 519. The maximum Gasteiger partial charge on any atom is 0.407 e. The molecule has 7 heteroatoms. The highest BCUT2D eigenvalue weighted by molar-refractivity contribution is 5.68. The first-order valence-electron chi connectivity index (χ1n) is 7.55. The molecule has 1 aromatic rings. The van der Waals surface area contributed by atoms with Crippen LogP contribution in [0.1, 0.15) is 46.5 Å². The van der Waals surface area contributed by atoms with Gasteiger partial charge in [-0.25, -0.2) is 19.2 Å². The molecular formula is C15H23FN4O2. The fourth-order valence-corrected chi connectivity index (χ4v) is 2.54. The maximum absolute atomic E-state index is 13.6. The molecule has 0 unspecified atom stereocenters. The SMILES string of the molecule is CC(C)(C)OC(=O)N[C@@H]1CCC[C@H](Nc2ncncc2F)C1. The quantitative estimate of drug-likeness (QED) is 0.898. The van der Waals surface area contributed by atoms with Crippen molar-refractivity contribution in [3.8, 4) is 0 Å². The average molecular weight is 310 g/mol. The van der Waals surface area contributed by atoms with E-state index in [4.69, 9.17) is 4.74 Å². The van der Waals surface area contributed by atoms with Crippen LogP contribution in [-0.4, -0.2) is 33.7 Å². The first-order chi connectivity index (χ1) is 10.3. The molecule has 0 radical (unpaired) electrons. The Balaban J connectivity index is 1.87. The average Bonchev–Trinajstić information content (AvgIpc) is 2.39. The van der Waals surface area contributed by atoms with Crippen molar-refractivity contribution in [3.05, 3.63) is 18.3 Å². The van der Waals surface area contributed by atoms with E-state index < -0.39 is 17.5 Å². The van der Waals surface area contributed by atoms with Crippen LogP contribution in [-0.2, 0) is 4.74 Å². The molecule has 1 aromatic heterocycles. The summed E-state index contributed by atoms with van der Waals surface area (Å²) in [6, 6.07) is 0.0871. The molecule has 122 valence electrons. The molecule has 22 heavy (non-hydrogen) atoms. The summed E-state index contributed by atoms with van der Waals surface area (Å²) in [6.07, 6.45) is 5.50. The predicted octanol–water partition coefficient (Wildman–Crippen LogP) is 2.86. The van der Waals surface area contributed by atoms with Crippen molar-refractivity contribution in [2.24, 2.45) is 0 Å². The summed E-state index contributed by atoms with van der Waals surface area (Å²) >= 11 is 0. The first kappa shape index (κ1) is 16.5. The van der Waals surface area contributed by atoms with Gasteiger partial charge in [-0.3, -0.25) is 0 Å². The van der Waals surface area contributed by atoms with Gasteiger partial charge >= 0.3 is 6.09 Å². The minimum Gasteiger partial charge on any atom is -0.444 e. The van der Waals surface area contributed by atoms with E-state index in [2.05, 4.69) is 20.6 Å². The zero-order chi connectivity index (χ0) is 16.2. The Morgan fingerprint density at radius 2 is 2.09 bits per heavy atom. The van der Waals surface area contributed by atoms with Gasteiger partial charge in [0, 0.05) is 12.1 Å². The number of rotatable bonds is 3. The van der Waals surface area contributed by atoms with E-state index in [-0.39, 0.29) is 17.9 Å². The molecule has 0 bridgehead atoms. The lowest BCUT2D eigenvalue weighted by Crippen LogP contribution is -2.44. The van der Waals surface area contributed by atoms with Crippen molar-refractivity contribution in [2.75, 3.05) is 5.32 Å². The van der Waals surface area contributed by atoms with Crippen LogP contribution in [0, 0.1) is 5.82 Å². The molecule has 2 atom stereocenters. The Kier molecular flexibility index (Phi) is 5.15. The van der Waals surface area contributed by atoms with Gasteiger partial charge in [-0.1, -0.05) is 0 Å². The van der Waals surface area contributed by atoms with Crippen LogP contribution in [0.3, 0.4) is 0 Å². The molecule has 0 aromatic carbocycles. The third-order valence-electron chi connectivity index (χ3n) is 3.40. The Hall–Kier alpha value is -1.92. The topological polar surface area (TPSA) is 76.1 Å². The van der Waals surface area contributed by atoms with Crippen molar-refractivity contribution < 1.29 is 13.9 Å². The number of nitrogens with zero attached hydrogens (tertiary/aromatic N) is 2. The zero-order valence-corrected chi connectivity index (χ0v) is 13.2. The number of hydrogen-bond donors (Lipinski definition) is 2. The van der Waals surface area contributed by atoms with Gasteiger partial charge in [-0.2, -0.15) is 0 Å². The van der Waals surface area contributed by atoms with Gasteiger partial charge in [0.25, 0.3) is 0 Å². The monoisotopic (exact) mass is 310 g/mol. The first-order valence-corrected chi connectivity index (χ1v) is 7.55. The molecule has 1 aliphatic carbocycles. The standard InChI is InChI=1S/C15H23FN4O2/c1-15(2,3)22-14(21)20-11-6-4-5-10(7-11)19-13-12(16)8-17-9-18-13/h8-11H,4-7H2,1-3H3,(H,20,21)(H,17,18,19)/t10-,11+/m0/s1. The number of hydrogen-bond acceptors (Lipinski definition) is 5. The number of nitrogens with one attached hydrogen (secondary N) is 2. The molecular weight excluding hydrogens is 287 g/mol. The fraction of sp³-hybridized carbons (Fsp3) is 0.667. The van der Waals surface area contributed by atoms with E-state index in [1.165, 1.54) is 6.33 Å². The number of carbonyl (C=O) groups excluding carboxylic acids is 1. The number of aromatic nitrogens is 2. The van der Waals surface area contributed by atoms with Crippen molar-refractivity contribution >= 4 is 11.9 Å². The molecule has 1 saturated carbocycles. The summed E-state index contributed by atoms with van der Waals surface area (Å²) in [6.45, 7) is 5.49. The molecule has 0 aliphatic heterocycles. The second-order valence-electron chi connectivity index (χ2n) is 6.57. The minimum atomic E-state index is -0.513. The van der Waals surface area contributed by atoms with Gasteiger partial charge in [0.1, 0.15) is 11.9 Å². The van der Waals surface area contributed by atoms with Crippen LogP contribution in [0.4, 0.5) is 15.0 Å². The molecule has 6 nitrogen and oxygen atoms in total. The highest BCUT2D eigenvalue weighted by Crippen LogP contribution is 2.22. The van der Waals surface area contributed by atoms with Crippen LogP contribution >= 0.6 is 0 Å². The van der Waals surface area contributed by atoms with Crippen molar-refractivity contribution in [1.82, 2.24) is 15.3 Å². The van der Waals surface area contributed by atoms with Crippen LogP contribution in [0.15, 0.2) is 12.5 Å². The largest absolute Gasteiger partial charge is 0.444 e. The highest BCUT2D eigenvalue weighted by Gasteiger charge is 2.26. The summed E-state index contributed by atoms with van der Waals surface area (Å²) in [5, 5.41) is 5.96. The van der Waals surface area contributed by atoms with E-state index >= 15 is 0 Å². The van der Waals surface area contributed by atoms with Gasteiger partial charge in [0.2, 0.25) is 0 Å².